The highest BCUT2D eigenvalue weighted by Gasteiger charge is 2.26. The summed E-state index contributed by atoms with van der Waals surface area (Å²) < 4.78 is 65.7. The van der Waals surface area contributed by atoms with Gasteiger partial charge < -0.3 is 10.6 Å². The second-order valence-electron chi connectivity index (χ2n) is 8.99. The SMILES string of the molecule is Cc1ccc(Nc2ncc(F)c(Nc3ccc(CNS(=O)(=O)C4CCCCC4)cc3)n2)cc1S(N)(=O)=O. The van der Waals surface area contributed by atoms with Crippen LogP contribution < -0.4 is 20.5 Å². The van der Waals surface area contributed by atoms with Gasteiger partial charge in [0, 0.05) is 17.9 Å². The van der Waals surface area contributed by atoms with Crippen LogP contribution in [0, 0.1) is 12.7 Å². The molecule has 0 saturated heterocycles. The molecule has 0 bridgehead atoms. The Balaban J connectivity index is 1.42. The van der Waals surface area contributed by atoms with E-state index in [1.807, 2.05) is 0 Å². The van der Waals surface area contributed by atoms with E-state index in [0.717, 1.165) is 31.0 Å². The number of halogens is 1. The molecule has 0 spiro atoms. The Morgan fingerprint density at radius 3 is 2.32 bits per heavy atom. The van der Waals surface area contributed by atoms with E-state index in [-0.39, 0.29) is 28.5 Å². The van der Waals surface area contributed by atoms with Crippen LogP contribution in [0.25, 0.3) is 0 Å². The third-order valence-electron chi connectivity index (χ3n) is 6.18. The second-order valence-corrected chi connectivity index (χ2v) is 12.6. The highest BCUT2D eigenvalue weighted by Crippen LogP contribution is 2.25. The van der Waals surface area contributed by atoms with Gasteiger partial charge >= 0.3 is 0 Å². The lowest BCUT2D eigenvalue weighted by atomic mass is 10.0. The van der Waals surface area contributed by atoms with Crippen molar-refractivity contribution >= 4 is 43.2 Å². The zero-order chi connectivity index (χ0) is 26.6. The average Bonchev–Trinajstić information content (AvgIpc) is 2.87. The van der Waals surface area contributed by atoms with Crippen LogP contribution in [0.15, 0.2) is 53.6 Å². The van der Waals surface area contributed by atoms with Crippen molar-refractivity contribution in [3.63, 3.8) is 0 Å². The van der Waals surface area contributed by atoms with Crippen molar-refractivity contribution < 1.29 is 21.2 Å². The molecule has 5 N–H and O–H groups in total. The van der Waals surface area contributed by atoms with Crippen LogP contribution in [0.5, 0.6) is 0 Å². The van der Waals surface area contributed by atoms with Crippen molar-refractivity contribution in [1.29, 1.82) is 0 Å². The van der Waals surface area contributed by atoms with Gasteiger partial charge in [-0.2, -0.15) is 4.98 Å². The lowest BCUT2D eigenvalue weighted by Gasteiger charge is -2.22. The maximum atomic E-state index is 14.4. The quantitative estimate of drug-likeness (QED) is 0.314. The lowest BCUT2D eigenvalue weighted by Crippen LogP contribution is -2.35. The van der Waals surface area contributed by atoms with Crippen molar-refractivity contribution in [3.8, 4) is 0 Å². The third kappa shape index (κ3) is 7.01. The number of nitrogens with one attached hydrogen (secondary N) is 3. The molecule has 10 nitrogen and oxygen atoms in total. The number of rotatable bonds is 9. The van der Waals surface area contributed by atoms with E-state index in [9.17, 15) is 21.2 Å². The summed E-state index contributed by atoms with van der Waals surface area (Å²) in [5.74, 6) is -0.743. The molecule has 1 saturated carbocycles. The maximum Gasteiger partial charge on any atom is 0.238 e. The topological polar surface area (TPSA) is 156 Å². The molecule has 2 aromatic carbocycles. The normalized spacial score (nSPS) is 14.9. The molecule has 1 aromatic heterocycles. The average molecular weight is 549 g/mol. The van der Waals surface area contributed by atoms with Crippen molar-refractivity contribution in [1.82, 2.24) is 14.7 Å². The Morgan fingerprint density at radius 1 is 0.973 bits per heavy atom. The fraction of sp³-hybridized carbons (Fsp3) is 0.333. The molecule has 3 aromatic rings. The van der Waals surface area contributed by atoms with E-state index < -0.39 is 25.9 Å². The predicted molar refractivity (Wildman–Crippen MR) is 140 cm³/mol. The highest BCUT2D eigenvalue weighted by atomic mass is 32.2. The number of benzene rings is 2. The third-order valence-corrected chi connectivity index (χ3v) is 9.13. The van der Waals surface area contributed by atoms with Crippen LogP contribution >= 0.6 is 0 Å². The van der Waals surface area contributed by atoms with Gasteiger partial charge in [-0.05, 0) is 55.2 Å². The molecule has 37 heavy (non-hydrogen) atoms. The summed E-state index contributed by atoms with van der Waals surface area (Å²) in [5.41, 5.74) is 2.16. The van der Waals surface area contributed by atoms with Gasteiger partial charge in [0.15, 0.2) is 11.6 Å². The van der Waals surface area contributed by atoms with E-state index in [1.54, 1.807) is 43.3 Å². The fourth-order valence-electron chi connectivity index (χ4n) is 4.15. The van der Waals surface area contributed by atoms with Crippen LogP contribution in [-0.4, -0.2) is 32.1 Å². The van der Waals surface area contributed by atoms with Gasteiger partial charge in [-0.25, -0.2) is 36.1 Å². The molecule has 1 aliphatic rings. The molecule has 198 valence electrons. The monoisotopic (exact) mass is 548 g/mol. The molecule has 0 unspecified atom stereocenters. The Morgan fingerprint density at radius 2 is 1.65 bits per heavy atom. The van der Waals surface area contributed by atoms with E-state index in [4.69, 9.17) is 5.14 Å². The summed E-state index contributed by atoms with van der Waals surface area (Å²) >= 11 is 0. The van der Waals surface area contributed by atoms with E-state index >= 15 is 0 Å². The Hall–Kier alpha value is -3.13. The molecular weight excluding hydrogens is 519 g/mol. The van der Waals surface area contributed by atoms with Crippen LogP contribution in [0.3, 0.4) is 0 Å². The number of hydrogen-bond acceptors (Lipinski definition) is 8. The summed E-state index contributed by atoms with van der Waals surface area (Å²) in [6.45, 7) is 1.79. The summed E-state index contributed by atoms with van der Waals surface area (Å²) in [6, 6.07) is 11.4. The maximum absolute atomic E-state index is 14.4. The number of aromatic nitrogens is 2. The van der Waals surface area contributed by atoms with Gasteiger partial charge in [-0.3, -0.25) is 0 Å². The van der Waals surface area contributed by atoms with Crippen molar-refractivity contribution in [2.45, 2.75) is 55.7 Å². The van der Waals surface area contributed by atoms with Crippen molar-refractivity contribution in [3.05, 3.63) is 65.6 Å². The van der Waals surface area contributed by atoms with E-state index in [1.165, 1.54) is 6.07 Å². The standard InChI is InChI=1S/C24H29FN6O4S2/c1-16-7-10-19(13-22(16)36(26,32)33)30-24-27-15-21(25)23(31-24)29-18-11-8-17(9-12-18)14-28-37(34,35)20-5-3-2-4-6-20/h7-13,15,20,28H,2-6,14H2,1H3,(H2,26,32,33)(H2,27,29,30,31). The molecular formula is C24H29FN6O4S2. The zero-order valence-electron chi connectivity index (χ0n) is 20.2. The molecule has 1 heterocycles. The molecule has 4 rings (SSSR count). The van der Waals surface area contributed by atoms with Crippen LogP contribution in [0.4, 0.5) is 27.5 Å². The van der Waals surface area contributed by atoms with E-state index in [0.29, 0.717) is 29.8 Å². The Bertz CT molecular complexity index is 1480. The lowest BCUT2D eigenvalue weighted by molar-refractivity contribution is 0.477. The van der Waals surface area contributed by atoms with Crippen molar-refractivity contribution in [2.24, 2.45) is 5.14 Å². The number of aryl methyl sites for hydroxylation is 1. The number of hydrogen-bond donors (Lipinski definition) is 4. The predicted octanol–water partition coefficient (Wildman–Crippen LogP) is 3.81. The van der Waals surface area contributed by atoms with Crippen LogP contribution in [0.1, 0.15) is 43.2 Å². The van der Waals surface area contributed by atoms with Gasteiger partial charge in [0.1, 0.15) is 0 Å². The fourth-order valence-corrected chi connectivity index (χ4v) is 6.51. The summed E-state index contributed by atoms with van der Waals surface area (Å²) in [4.78, 5) is 8.00. The van der Waals surface area contributed by atoms with Crippen LogP contribution in [0.2, 0.25) is 0 Å². The minimum absolute atomic E-state index is 0.0425. The van der Waals surface area contributed by atoms with Gasteiger partial charge in [-0.15, -0.1) is 0 Å². The number of primary sulfonamides is 1. The molecule has 0 atom stereocenters. The Labute approximate surface area is 216 Å². The first-order valence-electron chi connectivity index (χ1n) is 11.8. The summed E-state index contributed by atoms with van der Waals surface area (Å²) in [7, 11) is -7.29. The summed E-state index contributed by atoms with van der Waals surface area (Å²) in [5, 5.41) is 10.6. The minimum Gasteiger partial charge on any atom is -0.338 e. The first kappa shape index (κ1) is 26.9. The first-order chi connectivity index (χ1) is 17.5. The van der Waals surface area contributed by atoms with Gasteiger partial charge in [0.25, 0.3) is 0 Å². The minimum atomic E-state index is -3.92. The van der Waals surface area contributed by atoms with Gasteiger partial charge in [-0.1, -0.05) is 37.5 Å². The van der Waals surface area contributed by atoms with Gasteiger partial charge in [0.2, 0.25) is 26.0 Å². The summed E-state index contributed by atoms with van der Waals surface area (Å²) in [6.07, 6.45) is 5.32. The number of anilines is 4. The molecule has 0 radical (unpaired) electrons. The molecule has 0 aliphatic heterocycles. The Kier molecular flexibility index (Phi) is 8.07. The van der Waals surface area contributed by atoms with Crippen LogP contribution in [-0.2, 0) is 26.6 Å². The van der Waals surface area contributed by atoms with Gasteiger partial charge in [0.05, 0.1) is 16.3 Å². The first-order valence-corrected chi connectivity index (χ1v) is 14.9. The number of sulfonamides is 2. The molecule has 13 heteroatoms. The second kappa shape index (κ2) is 11.1. The molecule has 1 aliphatic carbocycles. The molecule has 1 fully saturated rings. The van der Waals surface area contributed by atoms with Crippen molar-refractivity contribution in [2.75, 3.05) is 10.6 Å². The molecule has 0 amide bonds. The zero-order valence-corrected chi connectivity index (χ0v) is 21.9. The highest BCUT2D eigenvalue weighted by molar-refractivity contribution is 7.90. The number of nitrogens with zero attached hydrogens (tertiary/aromatic N) is 2. The van der Waals surface area contributed by atoms with E-state index in [2.05, 4.69) is 25.3 Å². The smallest absolute Gasteiger partial charge is 0.238 e. The number of nitrogens with two attached hydrogens (primary N) is 1. The largest absolute Gasteiger partial charge is 0.338 e.